The molecule has 0 bridgehead atoms. The van der Waals surface area contributed by atoms with E-state index < -0.39 is 5.63 Å². The van der Waals surface area contributed by atoms with E-state index in [1.807, 2.05) is 6.07 Å². The first kappa shape index (κ1) is 23.9. The number of hydrogen-bond acceptors (Lipinski definition) is 9. The topological polar surface area (TPSA) is 94.8 Å². The number of ether oxygens (including phenoxy) is 7. The van der Waals surface area contributed by atoms with Gasteiger partial charge in [0.25, 0.3) is 0 Å². The number of benzene rings is 2. The summed E-state index contributed by atoms with van der Waals surface area (Å²) in [6, 6.07) is 10.6. The second-order valence-corrected chi connectivity index (χ2v) is 7.36. The highest BCUT2D eigenvalue weighted by Crippen LogP contribution is 2.37. The molecule has 0 fully saturated rings. The lowest BCUT2D eigenvalue weighted by Gasteiger charge is -2.15. The summed E-state index contributed by atoms with van der Waals surface area (Å²) < 4.78 is 44.7. The quantitative estimate of drug-likeness (QED) is 0.532. The van der Waals surface area contributed by atoms with Crippen LogP contribution in [0.3, 0.4) is 0 Å². The lowest BCUT2D eigenvalue weighted by atomic mass is 10.0. The van der Waals surface area contributed by atoms with Crippen LogP contribution in [0.4, 0.5) is 0 Å². The molecule has 2 heterocycles. The van der Waals surface area contributed by atoms with Crippen molar-refractivity contribution >= 4 is 11.0 Å². The van der Waals surface area contributed by atoms with Crippen LogP contribution in [0.5, 0.6) is 23.0 Å². The molecule has 0 N–H and O–H groups in total. The molecule has 1 aliphatic rings. The monoisotopic (exact) mass is 472 g/mol. The van der Waals surface area contributed by atoms with E-state index >= 15 is 0 Å². The van der Waals surface area contributed by atoms with Gasteiger partial charge in [-0.1, -0.05) is 6.07 Å². The van der Waals surface area contributed by atoms with Crippen molar-refractivity contribution in [2.75, 3.05) is 67.1 Å². The van der Waals surface area contributed by atoms with Gasteiger partial charge in [-0.25, -0.2) is 4.79 Å². The lowest BCUT2D eigenvalue weighted by Crippen LogP contribution is -2.13. The normalized spacial score (nSPS) is 15.8. The predicted molar refractivity (Wildman–Crippen MR) is 124 cm³/mol. The summed E-state index contributed by atoms with van der Waals surface area (Å²) in [7, 11) is 3.10. The molecule has 34 heavy (non-hydrogen) atoms. The molecule has 9 heteroatoms. The van der Waals surface area contributed by atoms with Crippen molar-refractivity contribution in [1.82, 2.24) is 0 Å². The van der Waals surface area contributed by atoms with Crippen molar-refractivity contribution < 1.29 is 37.6 Å². The average molecular weight is 472 g/mol. The minimum Gasteiger partial charge on any atom is -0.493 e. The van der Waals surface area contributed by atoms with Gasteiger partial charge in [0.05, 0.1) is 59.4 Å². The number of fused-ring (bicyclic) bond motifs is 3. The molecule has 3 aromatic rings. The smallest absolute Gasteiger partial charge is 0.344 e. The molecule has 0 amide bonds. The minimum atomic E-state index is -0.510. The molecule has 9 nitrogen and oxygen atoms in total. The molecule has 0 unspecified atom stereocenters. The first-order valence-electron chi connectivity index (χ1n) is 11.0. The lowest BCUT2D eigenvalue weighted by molar-refractivity contribution is 0.00709. The Morgan fingerprint density at radius 2 is 1.35 bits per heavy atom. The Bertz CT molecular complexity index is 1160. The molecule has 0 saturated carbocycles. The van der Waals surface area contributed by atoms with Crippen LogP contribution in [0, 0.1) is 0 Å². The SMILES string of the molecule is COc1ccc(-c2cc3ccc4c(c3oc2=O)OCCOCCOCCOCCO4)cc1OC. The summed E-state index contributed by atoms with van der Waals surface area (Å²) in [4.78, 5) is 13.0. The molecule has 4 rings (SSSR count). The Morgan fingerprint density at radius 3 is 2.03 bits per heavy atom. The van der Waals surface area contributed by atoms with E-state index in [-0.39, 0.29) is 6.61 Å². The summed E-state index contributed by atoms with van der Waals surface area (Å²) in [5.41, 5.74) is 0.835. The van der Waals surface area contributed by atoms with Gasteiger partial charge in [0.2, 0.25) is 5.75 Å². The Morgan fingerprint density at radius 1 is 0.706 bits per heavy atom. The molecule has 1 aromatic heterocycles. The van der Waals surface area contributed by atoms with Crippen molar-refractivity contribution in [2.45, 2.75) is 0 Å². The summed E-state index contributed by atoms with van der Waals surface area (Å²) in [6.07, 6.45) is 0. The van der Waals surface area contributed by atoms with Gasteiger partial charge in [0.15, 0.2) is 22.8 Å². The van der Waals surface area contributed by atoms with Crippen molar-refractivity contribution in [3.8, 4) is 34.1 Å². The fraction of sp³-hybridized carbons (Fsp3) is 0.400. The maximum Gasteiger partial charge on any atom is 0.344 e. The molecule has 182 valence electrons. The van der Waals surface area contributed by atoms with Crippen LogP contribution in [0.1, 0.15) is 0 Å². The van der Waals surface area contributed by atoms with E-state index in [9.17, 15) is 4.79 Å². The second kappa shape index (κ2) is 11.7. The van der Waals surface area contributed by atoms with Crippen LogP contribution in [-0.4, -0.2) is 67.1 Å². The average Bonchev–Trinajstić information content (AvgIpc) is 2.87. The van der Waals surface area contributed by atoms with Crippen molar-refractivity contribution in [2.24, 2.45) is 0 Å². The molecular weight excluding hydrogens is 444 g/mol. The molecule has 0 aliphatic carbocycles. The molecule has 0 radical (unpaired) electrons. The number of rotatable bonds is 3. The van der Waals surface area contributed by atoms with Gasteiger partial charge in [0, 0.05) is 5.39 Å². The molecule has 2 aromatic carbocycles. The van der Waals surface area contributed by atoms with Gasteiger partial charge >= 0.3 is 5.63 Å². The minimum absolute atomic E-state index is 0.257. The van der Waals surface area contributed by atoms with Gasteiger partial charge < -0.3 is 37.6 Å². The second-order valence-electron chi connectivity index (χ2n) is 7.36. The molecule has 0 spiro atoms. The summed E-state index contributed by atoms with van der Waals surface area (Å²) in [5, 5.41) is 0.690. The zero-order chi connectivity index (χ0) is 23.8. The van der Waals surface area contributed by atoms with Crippen molar-refractivity contribution in [1.29, 1.82) is 0 Å². The van der Waals surface area contributed by atoms with E-state index in [1.165, 1.54) is 0 Å². The molecule has 0 atom stereocenters. The van der Waals surface area contributed by atoms with Crippen LogP contribution in [0.15, 0.2) is 45.6 Å². The standard InChI is InChI=1S/C25H28O9/c1-27-20-5-3-17(16-22(20)28-2)19-15-18-4-6-21-24(23(18)34-25(19)26)33-14-12-31-10-8-29-7-9-30-11-13-32-21/h3-6,15-16H,7-14H2,1-2H3. The Hall–Kier alpha value is -3.27. The molecule has 1 aliphatic heterocycles. The number of hydrogen-bond donors (Lipinski definition) is 0. The van der Waals surface area contributed by atoms with Crippen LogP contribution in [-0.2, 0) is 14.2 Å². The summed E-state index contributed by atoms with van der Waals surface area (Å²) >= 11 is 0. The van der Waals surface area contributed by atoms with Crippen LogP contribution >= 0.6 is 0 Å². The molecule has 0 saturated heterocycles. The van der Waals surface area contributed by atoms with Gasteiger partial charge in [0.1, 0.15) is 13.2 Å². The predicted octanol–water partition coefficient (Wildman–Crippen LogP) is 3.30. The largest absolute Gasteiger partial charge is 0.493 e. The highest BCUT2D eigenvalue weighted by molar-refractivity contribution is 5.88. The van der Waals surface area contributed by atoms with Gasteiger partial charge in [-0.05, 0) is 35.9 Å². The Balaban J connectivity index is 1.68. The summed E-state index contributed by atoms with van der Waals surface area (Å²) in [5.74, 6) is 1.90. The molecular formula is C25H28O9. The van der Waals surface area contributed by atoms with Gasteiger partial charge in [-0.3, -0.25) is 0 Å². The highest BCUT2D eigenvalue weighted by Gasteiger charge is 2.18. The zero-order valence-corrected chi connectivity index (χ0v) is 19.3. The van der Waals surface area contributed by atoms with E-state index in [1.54, 1.807) is 44.6 Å². The number of methoxy groups -OCH3 is 2. The fourth-order valence-electron chi connectivity index (χ4n) is 3.55. The Labute approximate surface area is 197 Å². The maximum absolute atomic E-state index is 13.0. The van der Waals surface area contributed by atoms with Crippen molar-refractivity contribution in [3.63, 3.8) is 0 Å². The van der Waals surface area contributed by atoms with Gasteiger partial charge in [-0.15, -0.1) is 0 Å². The first-order chi connectivity index (χ1) is 16.7. The van der Waals surface area contributed by atoms with Crippen LogP contribution < -0.4 is 24.6 Å². The first-order valence-corrected chi connectivity index (χ1v) is 11.0. The van der Waals surface area contributed by atoms with E-state index in [4.69, 9.17) is 37.6 Å². The third kappa shape index (κ3) is 5.61. The van der Waals surface area contributed by atoms with E-state index in [0.717, 1.165) is 0 Å². The third-order valence-electron chi connectivity index (χ3n) is 5.22. The van der Waals surface area contributed by atoms with Crippen LogP contribution in [0.2, 0.25) is 0 Å². The fourth-order valence-corrected chi connectivity index (χ4v) is 3.55. The van der Waals surface area contributed by atoms with E-state index in [0.29, 0.717) is 91.3 Å². The van der Waals surface area contributed by atoms with Crippen LogP contribution in [0.25, 0.3) is 22.1 Å². The zero-order valence-electron chi connectivity index (χ0n) is 19.3. The van der Waals surface area contributed by atoms with Gasteiger partial charge in [-0.2, -0.15) is 0 Å². The third-order valence-corrected chi connectivity index (χ3v) is 5.22. The van der Waals surface area contributed by atoms with E-state index in [2.05, 4.69) is 0 Å². The highest BCUT2D eigenvalue weighted by atomic mass is 16.6. The summed E-state index contributed by atoms with van der Waals surface area (Å²) in [6.45, 7) is 3.20. The van der Waals surface area contributed by atoms with Crippen molar-refractivity contribution in [3.05, 3.63) is 46.8 Å². The maximum atomic E-state index is 13.0. The Kier molecular flexibility index (Phi) is 8.24.